The molecule has 0 saturated carbocycles. The lowest BCUT2D eigenvalue weighted by Gasteiger charge is -2.36. The van der Waals surface area contributed by atoms with Gasteiger partial charge in [-0.2, -0.15) is 0 Å². The van der Waals surface area contributed by atoms with Crippen LogP contribution in [0.25, 0.3) is 0 Å². The van der Waals surface area contributed by atoms with E-state index >= 15 is 0 Å². The third-order valence-electron chi connectivity index (χ3n) is 4.40. The summed E-state index contributed by atoms with van der Waals surface area (Å²) >= 11 is 0. The second-order valence-corrected chi connectivity index (χ2v) is 6.01. The molecule has 3 rings (SSSR count). The van der Waals surface area contributed by atoms with E-state index in [0.717, 1.165) is 18.4 Å². The number of nitrogens with one attached hydrogen (secondary N) is 1. The molecule has 1 aromatic heterocycles. The van der Waals surface area contributed by atoms with Crippen molar-refractivity contribution in [1.82, 2.24) is 10.2 Å². The summed E-state index contributed by atoms with van der Waals surface area (Å²) in [7, 11) is 0. The van der Waals surface area contributed by atoms with Crippen molar-refractivity contribution in [3.8, 4) is 0 Å². The number of carbonyl (C=O) groups is 2. The molecule has 1 aliphatic rings. The number of likely N-dealkylation sites (tertiary alicyclic amines) is 1. The molecule has 1 fully saturated rings. The van der Waals surface area contributed by atoms with Crippen LogP contribution in [0.2, 0.25) is 0 Å². The number of nitrogens with two attached hydrogens (primary N) is 1. The number of furan rings is 1. The van der Waals surface area contributed by atoms with Gasteiger partial charge in [-0.1, -0.05) is 30.3 Å². The van der Waals surface area contributed by atoms with E-state index in [1.165, 1.54) is 12.5 Å². The fourth-order valence-corrected chi connectivity index (χ4v) is 3.15. The van der Waals surface area contributed by atoms with Gasteiger partial charge in [0.05, 0.1) is 11.8 Å². The number of rotatable bonds is 5. The molecule has 1 aliphatic heterocycles. The average molecular weight is 327 g/mol. The summed E-state index contributed by atoms with van der Waals surface area (Å²) in [4.78, 5) is 26.1. The zero-order valence-electron chi connectivity index (χ0n) is 13.4. The van der Waals surface area contributed by atoms with Crippen molar-refractivity contribution in [2.24, 2.45) is 5.73 Å². The van der Waals surface area contributed by atoms with Gasteiger partial charge >= 0.3 is 0 Å². The molecular weight excluding hydrogens is 306 g/mol. The predicted octanol–water partition coefficient (Wildman–Crippen LogP) is 1.70. The Labute approximate surface area is 140 Å². The second-order valence-electron chi connectivity index (χ2n) is 6.01. The van der Waals surface area contributed by atoms with Gasteiger partial charge in [-0.25, -0.2) is 0 Å². The van der Waals surface area contributed by atoms with E-state index in [9.17, 15) is 9.59 Å². The molecule has 2 heterocycles. The normalized spacial score (nSPS) is 17.3. The van der Waals surface area contributed by atoms with Crippen LogP contribution in [0.4, 0.5) is 0 Å². The molecule has 0 aliphatic carbocycles. The Hall–Kier alpha value is -2.60. The Balaban J connectivity index is 1.59. The van der Waals surface area contributed by atoms with Crippen LogP contribution < -0.4 is 11.1 Å². The standard InChI is InChI=1S/C18H21N3O3/c19-17(22)16(13-4-2-1-3-5-13)21-9-6-15(7-10-21)20-18(23)14-8-11-24-12-14/h1-5,8,11-12,15-16H,6-7,9-10H2,(H2,19,22)(H,20,23)/t16-/m0/s1. The zero-order valence-corrected chi connectivity index (χ0v) is 13.4. The second kappa shape index (κ2) is 7.31. The van der Waals surface area contributed by atoms with Crippen LogP contribution in [0.3, 0.4) is 0 Å². The molecule has 126 valence electrons. The number of primary amides is 1. The summed E-state index contributed by atoms with van der Waals surface area (Å²) in [6.45, 7) is 1.41. The van der Waals surface area contributed by atoms with Crippen LogP contribution in [-0.4, -0.2) is 35.8 Å². The van der Waals surface area contributed by atoms with Crippen LogP contribution in [0.1, 0.15) is 34.8 Å². The minimum atomic E-state index is -0.420. The van der Waals surface area contributed by atoms with Crippen molar-refractivity contribution in [3.63, 3.8) is 0 Å². The van der Waals surface area contributed by atoms with Crippen LogP contribution in [0, 0.1) is 0 Å². The highest BCUT2D eigenvalue weighted by atomic mass is 16.3. The minimum Gasteiger partial charge on any atom is -0.472 e. The lowest BCUT2D eigenvalue weighted by Crippen LogP contribution is -2.48. The molecule has 2 amide bonds. The van der Waals surface area contributed by atoms with Gasteiger partial charge in [0, 0.05) is 19.1 Å². The number of hydrogen-bond donors (Lipinski definition) is 2. The largest absolute Gasteiger partial charge is 0.472 e. The van der Waals surface area contributed by atoms with Crippen LogP contribution in [0.5, 0.6) is 0 Å². The first-order valence-electron chi connectivity index (χ1n) is 8.06. The molecule has 0 spiro atoms. The minimum absolute atomic E-state index is 0.0907. The third-order valence-corrected chi connectivity index (χ3v) is 4.40. The lowest BCUT2D eigenvalue weighted by molar-refractivity contribution is -0.124. The highest BCUT2D eigenvalue weighted by Gasteiger charge is 2.30. The van der Waals surface area contributed by atoms with Gasteiger partial charge in [0.2, 0.25) is 5.91 Å². The van der Waals surface area contributed by atoms with Crippen molar-refractivity contribution in [2.75, 3.05) is 13.1 Å². The first-order valence-corrected chi connectivity index (χ1v) is 8.06. The topological polar surface area (TPSA) is 88.6 Å². The number of nitrogens with zero attached hydrogens (tertiary/aromatic N) is 1. The summed E-state index contributed by atoms with van der Waals surface area (Å²) in [5, 5.41) is 3.01. The Morgan fingerprint density at radius 1 is 1.17 bits per heavy atom. The fraction of sp³-hybridized carbons (Fsp3) is 0.333. The van der Waals surface area contributed by atoms with E-state index < -0.39 is 6.04 Å². The third kappa shape index (κ3) is 3.65. The Kier molecular flexibility index (Phi) is 4.96. The van der Waals surface area contributed by atoms with Gasteiger partial charge in [-0.05, 0) is 24.5 Å². The number of amides is 2. The van der Waals surface area contributed by atoms with Crippen molar-refractivity contribution < 1.29 is 14.0 Å². The van der Waals surface area contributed by atoms with E-state index in [4.69, 9.17) is 10.2 Å². The zero-order chi connectivity index (χ0) is 16.9. The van der Waals surface area contributed by atoms with Crippen molar-refractivity contribution in [3.05, 3.63) is 60.1 Å². The van der Waals surface area contributed by atoms with Crippen molar-refractivity contribution in [2.45, 2.75) is 24.9 Å². The smallest absolute Gasteiger partial charge is 0.254 e. The molecule has 1 saturated heterocycles. The number of benzene rings is 1. The van der Waals surface area contributed by atoms with Gasteiger partial charge < -0.3 is 15.5 Å². The van der Waals surface area contributed by atoms with E-state index in [2.05, 4.69) is 10.2 Å². The van der Waals surface area contributed by atoms with Crippen molar-refractivity contribution in [1.29, 1.82) is 0 Å². The highest BCUT2D eigenvalue weighted by Crippen LogP contribution is 2.24. The van der Waals surface area contributed by atoms with E-state index in [-0.39, 0.29) is 17.9 Å². The van der Waals surface area contributed by atoms with Gasteiger partial charge in [-0.15, -0.1) is 0 Å². The van der Waals surface area contributed by atoms with E-state index in [0.29, 0.717) is 18.7 Å². The summed E-state index contributed by atoms with van der Waals surface area (Å²) in [5.74, 6) is -0.473. The molecule has 24 heavy (non-hydrogen) atoms. The fourth-order valence-electron chi connectivity index (χ4n) is 3.15. The predicted molar refractivity (Wildman–Crippen MR) is 89.1 cm³/mol. The van der Waals surface area contributed by atoms with E-state index in [1.54, 1.807) is 6.07 Å². The summed E-state index contributed by atoms with van der Waals surface area (Å²) in [6, 6.07) is 10.9. The summed E-state index contributed by atoms with van der Waals surface area (Å²) in [6.07, 6.45) is 4.47. The number of carbonyl (C=O) groups excluding carboxylic acids is 2. The lowest BCUT2D eigenvalue weighted by atomic mass is 9.98. The Bertz CT molecular complexity index is 677. The van der Waals surface area contributed by atoms with Gasteiger partial charge in [-0.3, -0.25) is 14.5 Å². The molecular formula is C18H21N3O3. The molecule has 0 bridgehead atoms. The molecule has 3 N–H and O–H groups in total. The monoisotopic (exact) mass is 327 g/mol. The van der Waals surface area contributed by atoms with Gasteiger partial charge in [0.15, 0.2) is 0 Å². The molecule has 6 nitrogen and oxygen atoms in total. The number of hydrogen-bond acceptors (Lipinski definition) is 4. The first-order chi connectivity index (χ1) is 11.6. The maximum atomic E-state index is 12.1. The first kappa shape index (κ1) is 16.3. The number of piperidine rings is 1. The maximum absolute atomic E-state index is 12.1. The van der Waals surface area contributed by atoms with Crippen LogP contribution in [0.15, 0.2) is 53.3 Å². The Morgan fingerprint density at radius 2 is 1.88 bits per heavy atom. The van der Waals surface area contributed by atoms with Gasteiger partial charge in [0.1, 0.15) is 12.3 Å². The molecule has 0 radical (unpaired) electrons. The Morgan fingerprint density at radius 3 is 2.46 bits per heavy atom. The molecule has 6 heteroatoms. The van der Waals surface area contributed by atoms with E-state index in [1.807, 2.05) is 30.3 Å². The molecule has 1 atom stereocenters. The van der Waals surface area contributed by atoms with Gasteiger partial charge in [0.25, 0.3) is 5.91 Å². The van der Waals surface area contributed by atoms with Crippen molar-refractivity contribution >= 4 is 11.8 Å². The molecule has 2 aromatic rings. The summed E-state index contributed by atoms with van der Waals surface area (Å²) < 4.78 is 4.93. The quantitative estimate of drug-likeness (QED) is 0.875. The summed E-state index contributed by atoms with van der Waals surface area (Å²) in [5.41, 5.74) is 7.05. The SMILES string of the molecule is NC(=O)[C@H](c1ccccc1)N1CCC(NC(=O)c2ccoc2)CC1. The molecule has 1 aromatic carbocycles. The maximum Gasteiger partial charge on any atom is 0.254 e. The van der Waals surface area contributed by atoms with Crippen LogP contribution in [-0.2, 0) is 4.79 Å². The van der Waals surface area contributed by atoms with Crippen LogP contribution >= 0.6 is 0 Å². The highest BCUT2D eigenvalue weighted by molar-refractivity contribution is 5.93. The molecule has 0 unspecified atom stereocenters. The average Bonchev–Trinajstić information content (AvgIpc) is 3.12.